The second-order valence-corrected chi connectivity index (χ2v) is 3.82. The number of hydrogen-bond donors (Lipinski definition) is 0. The average molecular weight is 222 g/mol. The van der Waals surface area contributed by atoms with Crippen molar-refractivity contribution in [1.82, 2.24) is 0 Å². The van der Waals surface area contributed by atoms with Gasteiger partial charge in [-0.15, -0.1) is 0 Å². The molecule has 2 rings (SSSR count). The first kappa shape index (κ1) is 9.57. The monoisotopic (exact) mass is 221 g/mol. The van der Waals surface area contributed by atoms with Crippen molar-refractivity contribution in [2.45, 2.75) is 0 Å². The molecule has 69 valence electrons. The first-order chi connectivity index (χ1) is 6.75. The number of benzene rings is 2. The fourth-order valence-corrected chi connectivity index (χ4v) is 1.65. The molecule has 1 radical (unpaired) electrons. The molecule has 0 bridgehead atoms. The second kappa shape index (κ2) is 4.04. The molecule has 0 fully saturated rings. The van der Waals surface area contributed by atoms with Gasteiger partial charge in [-0.2, -0.15) is 0 Å². The zero-order chi connectivity index (χ0) is 9.97. The highest BCUT2D eigenvalue weighted by Gasteiger charge is 1.98. The molecule has 14 heavy (non-hydrogen) atoms. The Morgan fingerprint density at radius 1 is 0.857 bits per heavy atom. The average Bonchev–Trinajstić information content (AvgIpc) is 2.18. The predicted molar refractivity (Wildman–Crippen MR) is 60.7 cm³/mol. The minimum Gasteiger partial charge on any atom is -0.0843 e. The lowest BCUT2D eigenvalue weighted by atomic mass is 10.1. The Bertz CT molecular complexity index is 406. The van der Waals surface area contributed by atoms with Gasteiger partial charge in [-0.05, 0) is 47.5 Å². The Balaban J connectivity index is 2.49. The molecule has 2 heteroatoms. The van der Waals surface area contributed by atoms with E-state index in [4.69, 9.17) is 23.2 Å². The summed E-state index contributed by atoms with van der Waals surface area (Å²) in [7, 11) is 0. The lowest BCUT2D eigenvalue weighted by Crippen LogP contribution is -1.77. The van der Waals surface area contributed by atoms with Gasteiger partial charge in [0, 0.05) is 10.0 Å². The summed E-state index contributed by atoms with van der Waals surface area (Å²) in [5.74, 6) is 0. The van der Waals surface area contributed by atoms with Crippen molar-refractivity contribution in [1.29, 1.82) is 0 Å². The van der Waals surface area contributed by atoms with Crippen LogP contribution in [0.3, 0.4) is 0 Å². The molecular formula is C12H7Cl2. The third-order valence-corrected chi connectivity index (χ3v) is 2.36. The number of halogens is 2. The van der Waals surface area contributed by atoms with Crippen molar-refractivity contribution < 1.29 is 0 Å². The van der Waals surface area contributed by atoms with Crippen LogP contribution in [0.1, 0.15) is 0 Å². The molecular weight excluding hydrogens is 215 g/mol. The van der Waals surface area contributed by atoms with Crippen molar-refractivity contribution in [3.63, 3.8) is 0 Å². The zero-order valence-corrected chi connectivity index (χ0v) is 8.81. The zero-order valence-electron chi connectivity index (χ0n) is 7.30. The van der Waals surface area contributed by atoms with Gasteiger partial charge >= 0.3 is 0 Å². The van der Waals surface area contributed by atoms with Crippen LogP contribution in [-0.4, -0.2) is 0 Å². The van der Waals surface area contributed by atoms with E-state index in [1.807, 2.05) is 36.4 Å². The van der Waals surface area contributed by atoms with E-state index in [1.54, 1.807) is 6.07 Å². The number of hydrogen-bond acceptors (Lipinski definition) is 0. The van der Waals surface area contributed by atoms with Crippen molar-refractivity contribution in [2.24, 2.45) is 0 Å². The van der Waals surface area contributed by atoms with Crippen LogP contribution in [0.2, 0.25) is 10.0 Å². The highest BCUT2D eigenvalue weighted by molar-refractivity contribution is 6.31. The molecule has 0 spiro atoms. The van der Waals surface area contributed by atoms with Gasteiger partial charge in [0.1, 0.15) is 0 Å². The van der Waals surface area contributed by atoms with Crippen LogP contribution < -0.4 is 0 Å². The Morgan fingerprint density at radius 2 is 1.64 bits per heavy atom. The molecule has 0 saturated carbocycles. The third kappa shape index (κ3) is 2.09. The van der Waals surface area contributed by atoms with Gasteiger partial charge < -0.3 is 0 Å². The van der Waals surface area contributed by atoms with E-state index < -0.39 is 0 Å². The SMILES string of the molecule is Clc1c[c]cc(-c2cccc(Cl)c2)c1. The van der Waals surface area contributed by atoms with Gasteiger partial charge in [-0.3, -0.25) is 0 Å². The molecule has 0 atom stereocenters. The van der Waals surface area contributed by atoms with Gasteiger partial charge in [0.05, 0.1) is 0 Å². The first-order valence-electron chi connectivity index (χ1n) is 4.18. The van der Waals surface area contributed by atoms with Crippen LogP contribution in [0.5, 0.6) is 0 Å². The minimum atomic E-state index is 0.683. The maximum absolute atomic E-state index is 5.89. The molecule has 0 N–H and O–H groups in total. The molecule has 0 aliphatic carbocycles. The molecule has 0 aliphatic heterocycles. The molecule has 0 aliphatic rings. The fourth-order valence-electron chi connectivity index (χ4n) is 1.28. The maximum atomic E-state index is 5.89. The van der Waals surface area contributed by atoms with Crippen molar-refractivity contribution >= 4 is 23.2 Å². The Labute approximate surface area is 93.1 Å². The first-order valence-corrected chi connectivity index (χ1v) is 4.94. The second-order valence-electron chi connectivity index (χ2n) is 2.95. The molecule has 0 heterocycles. The van der Waals surface area contributed by atoms with E-state index in [1.165, 1.54) is 0 Å². The van der Waals surface area contributed by atoms with E-state index >= 15 is 0 Å². The quantitative estimate of drug-likeness (QED) is 0.668. The molecule has 0 saturated heterocycles. The van der Waals surface area contributed by atoms with Crippen LogP contribution >= 0.6 is 23.2 Å². The molecule has 2 aromatic carbocycles. The van der Waals surface area contributed by atoms with E-state index in [0.29, 0.717) is 5.02 Å². The number of rotatable bonds is 1. The van der Waals surface area contributed by atoms with Crippen LogP contribution in [0.15, 0.2) is 42.5 Å². The Kier molecular flexibility index (Phi) is 2.76. The summed E-state index contributed by atoms with van der Waals surface area (Å²) in [5, 5.41) is 1.41. The fraction of sp³-hybridized carbons (Fsp3) is 0. The minimum absolute atomic E-state index is 0.683. The van der Waals surface area contributed by atoms with Crippen LogP contribution in [0, 0.1) is 6.07 Å². The normalized spacial score (nSPS) is 10.1. The summed E-state index contributed by atoms with van der Waals surface area (Å²) in [6.45, 7) is 0. The Hall–Kier alpha value is -0.980. The van der Waals surface area contributed by atoms with Crippen LogP contribution in [-0.2, 0) is 0 Å². The van der Waals surface area contributed by atoms with E-state index in [-0.39, 0.29) is 0 Å². The predicted octanol–water partition coefficient (Wildman–Crippen LogP) is 4.46. The molecule has 0 unspecified atom stereocenters. The van der Waals surface area contributed by atoms with Gasteiger partial charge in [0.2, 0.25) is 0 Å². The highest BCUT2D eigenvalue weighted by atomic mass is 35.5. The summed E-state index contributed by atoms with van der Waals surface area (Å²) in [6, 6.07) is 16.1. The maximum Gasteiger partial charge on any atom is 0.0418 e. The Morgan fingerprint density at radius 3 is 2.36 bits per heavy atom. The lowest BCUT2D eigenvalue weighted by Gasteiger charge is -2.01. The summed E-state index contributed by atoms with van der Waals surface area (Å²) >= 11 is 11.8. The third-order valence-electron chi connectivity index (χ3n) is 1.91. The van der Waals surface area contributed by atoms with Crippen LogP contribution in [0.25, 0.3) is 11.1 Å². The summed E-state index contributed by atoms with van der Waals surface area (Å²) in [4.78, 5) is 0. The lowest BCUT2D eigenvalue weighted by molar-refractivity contribution is 1.61. The highest BCUT2D eigenvalue weighted by Crippen LogP contribution is 2.24. The van der Waals surface area contributed by atoms with E-state index in [0.717, 1.165) is 16.1 Å². The van der Waals surface area contributed by atoms with Gasteiger partial charge in [0.15, 0.2) is 0 Å². The molecule has 2 aromatic rings. The summed E-state index contributed by atoms with van der Waals surface area (Å²) in [6.07, 6.45) is 0. The van der Waals surface area contributed by atoms with E-state index in [9.17, 15) is 0 Å². The largest absolute Gasteiger partial charge is 0.0843 e. The summed E-state index contributed by atoms with van der Waals surface area (Å²) in [5.41, 5.74) is 2.08. The van der Waals surface area contributed by atoms with Gasteiger partial charge in [-0.25, -0.2) is 0 Å². The standard InChI is InChI=1S/C12H7Cl2/c13-11-5-1-3-9(7-11)10-4-2-6-12(14)8-10/h1,3-8H. The van der Waals surface area contributed by atoms with E-state index in [2.05, 4.69) is 6.07 Å². The molecule has 0 aromatic heterocycles. The van der Waals surface area contributed by atoms with Crippen molar-refractivity contribution in [2.75, 3.05) is 0 Å². The smallest absolute Gasteiger partial charge is 0.0418 e. The van der Waals surface area contributed by atoms with Gasteiger partial charge in [0.25, 0.3) is 0 Å². The van der Waals surface area contributed by atoms with Crippen LogP contribution in [0.4, 0.5) is 0 Å². The summed E-state index contributed by atoms with van der Waals surface area (Å²) < 4.78 is 0. The molecule has 0 amide bonds. The molecule has 0 nitrogen and oxygen atoms in total. The van der Waals surface area contributed by atoms with Gasteiger partial charge in [-0.1, -0.05) is 35.3 Å². The van der Waals surface area contributed by atoms with Crippen molar-refractivity contribution in [3.05, 3.63) is 58.6 Å². The van der Waals surface area contributed by atoms with Crippen molar-refractivity contribution in [3.8, 4) is 11.1 Å². The topological polar surface area (TPSA) is 0 Å².